The minimum Gasteiger partial charge on any atom is -0.459 e. The highest BCUT2D eigenvalue weighted by Gasteiger charge is 2.38. The minimum absolute atomic E-state index is 0.0240. The van der Waals surface area contributed by atoms with Crippen molar-refractivity contribution in [3.8, 4) is 0 Å². The highest BCUT2D eigenvalue weighted by molar-refractivity contribution is 5.75. The number of rotatable bonds is 60. The van der Waals surface area contributed by atoms with Crippen LogP contribution in [0, 0.1) is 47.3 Å². The van der Waals surface area contributed by atoms with E-state index in [9.17, 15) is 38.4 Å². The van der Waals surface area contributed by atoms with Gasteiger partial charge in [-0.3, -0.25) is 38.4 Å². The highest BCUT2D eigenvalue weighted by Crippen LogP contribution is 2.34. The number of nitrogens with zero attached hydrogens (tertiary/aromatic N) is 8. The normalized spacial score (nSPS) is 19.1. The van der Waals surface area contributed by atoms with E-state index >= 15 is 0 Å². The minimum atomic E-state index is 0.0240. The van der Waals surface area contributed by atoms with Gasteiger partial charge in [-0.1, -0.05) is 197 Å². The molecule has 0 radical (unpaired) electrons. The number of carbonyl (C=O) groups excluding carboxylic acids is 8. The zero-order valence-electron chi connectivity index (χ0n) is 101. The lowest BCUT2D eigenvalue weighted by molar-refractivity contribution is -0.948. The van der Waals surface area contributed by atoms with Crippen molar-refractivity contribution in [3.05, 3.63) is 0 Å². The highest BCUT2D eigenvalue weighted by atomic mass is 16.6. The number of hydrogen-bond acceptors (Lipinski definition) is 16. The van der Waals surface area contributed by atoms with Crippen LogP contribution >= 0.6 is 0 Å². The Balaban J connectivity index is 0.000000837. The largest absolute Gasteiger partial charge is 0.459 e. The molecule has 8 saturated carbocycles. The monoisotopic (exact) mass is 2080 g/mol. The zero-order chi connectivity index (χ0) is 109. The number of ether oxygens (including phenoxy) is 8. The lowest BCUT2D eigenvalue weighted by Gasteiger charge is -2.42. The summed E-state index contributed by atoms with van der Waals surface area (Å²) in [6, 6.07) is 1.29. The third-order valence-electron chi connectivity index (χ3n) is 35.7. The molecule has 24 nitrogen and oxygen atoms in total. The van der Waals surface area contributed by atoms with Crippen molar-refractivity contribution < 1.29 is 112 Å². The Bertz CT molecular complexity index is 3270. The van der Waals surface area contributed by atoms with E-state index in [4.69, 9.17) is 37.9 Å². The van der Waals surface area contributed by atoms with Gasteiger partial charge in [0.2, 0.25) is 0 Å². The molecule has 24 heteroatoms. The summed E-state index contributed by atoms with van der Waals surface area (Å²) in [4.78, 5) is 95.0. The van der Waals surface area contributed by atoms with Crippen molar-refractivity contribution in [2.45, 2.75) is 446 Å². The maximum absolute atomic E-state index is 12.1. The number of unbranched alkanes of at least 4 members (excludes halogenated alkanes) is 2. The molecule has 8 rings (SSSR count). The molecule has 0 spiro atoms. The van der Waals surface area contributed by atoms with Crippen molar-refractivity contribution >= 4 is 47.8 Å². The van der Waals surface area contributed by atoms with Crippen molar-refractivity contribution in [1.82, 2.24) is 0 Å². The number of hydrogen-bond donors (Lipinski definition) is 0. The van der Waals surface area contributed by atoms with Gasteiger partial charge >= 0.3 is 47.8 Å². The second-order valence-corrected chi connectivity index (χ2v) is 47.5. The molecular formula is C122H244N8O16+8. The summed E-state index contributed by atoms with van der Waals surface area (Å²) in [6.07, 6.45) is 52.9. The molecule has 860 valence electrons. The maximum atomic E-state index is 12.1. The van der Waals surface area contributed by atoms with Crippen molar-refractivity contribution in [2.75, 3.05) is 252 Å². The Kier molecular flexibility index (Phi) is 77.5. The molecule has 0 N–H and O–H groups in total. The Morgan fingerprint density at radius 3 is 0.507 bits per heavy atom. The van der Waals surface area contributed by atoms with Crippen LogP contribution in [-0.4, -0.2) is 348 Å². The van der Waals surface area contributed by atoms with Crippen LogP contribution in [0.5, 0.6) is 0 Å². The first-order valence-electron chi connectivity index (χ1n) is 61.9. The fourth-order valence-corrected chi connectivity index (χ4v) is 23.7. The summed E-state index contributed by atoms with van der Waals surface area (Å²) in [7, 11) is 12.6. The van der Waals surface area contributed by atoms with E-state index in [2.05, 4.69) is 181 Å². The smallest absolute Gasteiger partial charge is 0.309 e. The van der Waals surface area contributed by atoms with Gasteiger partial charge in [0.1, 0.15) is 105 Å². The van der Waals surface area contributed by atoms with Crippen LogP contribution in [0.2, 0.25) is 0 Å². The molecule has 0 amide bonds. The molecule has 0 aromatic rings. The molecule has 0 aromatic heterocycles. The number of esters is 8. The fourth-order valence-electron chi connectivity index (χ4n) is 23.7. The lowest BCUT2D eigenvalue weighted by Crippen LogP contribution is -2.56. The van der Waals surface area contributed by atoms with Crippen LogP contribution in [0.15, 0.2) is 0 Å². The van der Waals surface area contributed by atoms with Crippen LogP contribution in [0.4, 0.5) is 0 Å². The summed E-state index contributed by atoms with van der Waals surface area (Å²) < 4.78 is 52.0. The van der Waals surface area contributed by atoms with E-state index in [1.165, 1.54) is 232 Å². The van der Waals surface area contributed by atoms with Crippen LogP contribution in [-0.2, 0) is 76.3 Å². The second kappa shape index (κ2) is 81.1. The molecule has 6 unspecified atom stereocenters. The van der Waals surface area contributed by atoms with E-state index in [0.717, 1.165) is 256 Å². The summed E-state index contributed by atoms with van der Waals surface area (Å²) in [5.41, 5.74) is 0. The Morgan fingerprint density at radius 1 is 0.192 bits per heavy atom. The second-order valence-electron chi connectivity index (χ2n) is 47.5. The SMILES string of the molecule is CCCC[N+](CC)(CCC)CCOC(=O)C1CCCC1.CCCC[N+](CC)(CCC)CCOC(=O)C1CCCCC1.CCC[N+](CC)(CCOC(=O)C1CCCC1)C(C)CC.CCC[N+](CC)(CCOC(=O)C1CCCCC1)C(C)CC.CC[N+](CC)(CC)CCOC(=O)C1CCCC1.CC[N+](CC)(CC)CCOC(=O)C1CCCCC1.C[N+](C)(C)CCOC(=O)C1CCCC1.C[N+](C)(C)CCOC(=O)C1CCCCC1. The van der Waals surface area contributed by atoms with Gasteiger partial charge in [0.15, 0.2) is 0 Å². The third kappa shape index (κ3) is 57.6. The van der Waals surface area contributed by atoms with Crippen molar-refractivity contribution in [2.24, 2.45) is 47.3 Å². The molecule has 8 fully saturated rings. The summed E-state index contributed by atoms with van der Waals surface area (Å²) in [6.45, 7) is 75.8. The van der Waals surface area contributed by atoms with Crippen LogP contribution in [0.3, 0.4) is 0 Å². The number of quaternary nitrogens is 8. The first-order chi connectivity index (χ1) is 69.8. The topological polar surface area (TPSA) is 210 Å². The Labute approximate surface area is 900 Å². The summed E-state index contributed by atoms with van der Waals surface area (Å²) in [5, 5.41) is 0. The van der Waals surface area contributed by atoms with Crippen molar-refractivity contribution in [3.63, 3.8) is 0 Å². The zero-order valence-corrected chi connectivity index (χ0v) is 101. The van der Waals surface area contributed by atoms with Gasteiger partial charge in [-0.05, 0) is 237 Å². The predicted molar refractivity (Wildman–Crippen MR) is 603 cm³/mol. The molecular weight excluding hydrogens is 1830 g/mol. The van der Waals surface area contributed by atoms with E-state index in [0.29, 0.717) is 64.9 Å². The fraction of sp³-hybridized carbons (Fsp3) is 0.934. The van der Waals surface area contributed by atoms with Gasteiger partial charge in [0.05, 0.1) is 206 Å². The molecule has 0 bridgehead atoms. The van der Waals surface area contributed by atoms with E-state index < -0.39 is 0 Å². The Hall–Kier alpha value is -4.56. The quantitative estimate of drug-likeness (QED) is 0.0315. The first-order valence-corrected chi connectivity index (χ1v) is 61.9. The van der Waals surface area contributed by atoms with Gasteiger partial charge in [0.25, 0.3) is 0 Å². The molecule has 8 aliphatic rings. The van der Waals surface area contributed by atoms with Crippen molar-refractivity contribution in [1.29, 1.82) is 0 Å². The summed E-state index contributed by atoms with van der Waals surface area (Å²) >= 11 is 0. The summed E-state index contributed by atoms with van der Waals surface area (Å²) in [5.74, 6) is 1.90. The van der Waals surface area contributed by atoms with E-state index in [1.54, 1.807) is 0 Å². The molecule has 6 atom stereocenters. The molecule has 8 aliphatic carbocycles. The lowest BCUT2D eigenvalue weighted by atomic mass is 9.89. The average molecular weight is 2080 g/mol. The number of carbonyl (C=O) groups is 8. The van der Waals surface area contributed by atoms with Gasteiger partial charge in [-0.2, -0.15) is 0 Å². The van der Waals surface area contributed by atoms with Gasteiger partial charge in [-0.15, -0.1) is 0 Å². The average Bonchev–Trinajstić information content (AvgIpc) is 1.08. The first kappa shape index (κ1) is 139. The van der Waals surface area contributed by atoms with Gasteiger partial charge < -0.3 is 73.8 Å². The van der Waals surface area contributed by atoms with Gasteiger partial charge in [-0.25, -0.2) is 0 Å². The maximum Gasteiger partial charge on any atom is 0.309 e. The predicted octanol–water partition coefficient (Wildman–Crippen LogP) is 24.7. The van der Waals surface area contributed by atoms with Gasteiger partial charge in [0, 0.05) is 0 Å². The molecule has 0 saturated heterocycles. The van der Waals surface area contributed by atoms with Crippen LogP contribution in [0.25, 0.3) is 0 Å². The Morgan fingerprint density at radius 2 is 0.356 bits per heavy atom. The third-order valence-corrected chi connectivity index (χ3v) is 35.7. The van der Waals surface area contributed by atoms with E-state index in [1.807, 2.05) is 0 Å². The van der Waals surface area contributed by atoms with E-state index in [-0.39, 0.29) is 95.1 Å². The molecule has 0 heterocycles. The molecule has 146 heavy (non-hydrogen) atoms. The van der Waals surface area contributed by atoms with Crippen LogP contribution in [0.1, 0.15) is 434 Å². The molecule has 0 aromatic carbocycles. The van der Waals surface area contributed by atoms with Crippen LogP contribution < -0.4 is 0 Å². The molecule has 0 aliphatic heterocycles. The standard InChI is InChI=1S/2C18H36NO2.2C17H34NO2.C15H30NO2.C14H28NO2.C12H24NO2.C11H22NO2/c1-5-13-19(7-3,16(4)6-2)14-15-21-18(20)17-11-9-8-10-12-17;1-4-7-14-19(6-3,13-5-2)15-16-21-18(20)17-11-9-8-10-12-17;1-5-12-18(7-3,15(4)6-2)13-14-20-17(19)16-10-8-9-11-16;1-4-7-13-18(6-3,12-5-2)14-15-20-17(19)16-10-8-9-11-16;1-4-16(5-2,6-3)12-13-18-15(17)14-10-8-7-9-11-14;1-4-15(5-2,6-3)11-12-17-14(16)13-9-7-8-10-13;1-13(2,3)9-10-15-12(14)11-7-5-4-6-8-11;1-12(2,3)8-9-14-11(13)10-6-4-5-7-10/h16-17H,5-15H2,1-4H3;17H,4-16H2,1-3H3;15-16H,5-14H2,1-4H3;16H,4-15H2,1-3H3;14H,4-13H2,1-3H3;13H,4-12H2,1-3H3;11H,4-10H2,1-3H3;10H,4-9H2,1-3H3/q8*+1. The number of likely N-dealkylation sites (N-methyl/N-ethyl adjacent to an activating group) is 8.